The molecule has 0 saturated carbocycles. The number of aliphatic carboxylic acids is 1. The number of nitrogens with zero attached hydrogens (tertiary/aromatic N) is 3. The molecule has 0 aliphatic carbocycles. The molecule has 1 fully saturated rings. The number of hydrogen-bond donors (Lipinski definition) is 2. The van der Waals surface area contributed by atoms with Crippen molar-refractivity contribution in [1.82, 2.24) is 9.78 Å². The van der Waals surface area contributed by atoms with Crippen LogP contribution in [0.25, 0.3) is 0 Å². The van der Waals surface area contributed by atoms with E-state index in [2.05, 4.69) is 10.4 Å². The molecule has 1 aromatic rings. The SMILES string of the molecule is Cn1cc([N+](=O)[O-])c(NCC2CCC(C(=O)O)O2)n1. The fourth-order valence-corrected chi connectivity index (χ4v) is 1.98. The molecule has 2 N–H and O–H groups in total. The summed E-state index contributed by atoms with van der Waals surface area (Å²) in [7, 11) is 1.59. The maximum atomic E-state index is 10.8. The van der Waals surface area contributed by atoms with Gasteiger partial charge in [-0.2, -0.15) is 0 Å². The van der Waals surface area contributed by atoms with Gasteiger partial charge in [-0.15, -0.1) is 5.10 Å². The normalized spacial score (nSPS) is 22.4. The van der Waals surface area contributed by atoms with E-state index in [1.807, 2.05) is 0 Å². The molecule has 9 heteroatoms. The monoisotopic (exact) mass is 270 g/mol. The summed E-state index contributed by atoms with van der Waals surface area (Å²) in [6.07, 6.45) is 1.29. The molecule has 0 radical (unpaired) electrons. The van der Waals surface area contributed by atoms with E-state index in [-0.39, 0.29) is 17.6 Å². The van der Waals surface area contributed by atoms with Crippen LogP contribution < -0.4 is 5.32 Å². The molecule has 0 amide bonds. The maximum absolute atomic E-state index is 10.8. The van der Waals surface area contributed by atoms with Gasteiger partial charge in [-0.25, -0.2) is 4.79 Å². The summed E-state index contributed by atoms with van der Waals surface area (Å²) in [6.45, 7) is 0.293. The summed E-state index contributed by atoms with van der Waals surface area (Å²) in [5.74, 6) is -0.818. The third-order valence-corrected chi connectivity index (χ3v) is 2.89. The Labute approximate surface area is 108 Å². The Morgan fingerprint density at radius 3 is 3.05 bits per heavy atom. The van der Waals surface area contributed by atoms with Crippen molar-refractivity contribution in [2.24, 2.45) is 7.05 Å². The van der Waals surface area contributed by atoms with E-state index in [1.54, 1.807) is 7.05 Å². The fraction of sp³-hybridized carbons (Fsp3) is 0.600. The highest BCUT2D eigenvalue weighted by Crippen LogP contribution is 2.24. The molecule has 2 heterocycles. The van der Waals surface area contributed by atoms with Gasteiger partial charge in [-0.05, 0) is 12.8 Å². The van der Waals surface area contributed by atoms with Gasteiger partial charge in [-0.3, -0.25) is 14.8 Å². The summed E-state index contributed by atoms with van der Waals surface area (Å²) in [5, 5.41) is 26.3. The lowest BCUT2D eigenvalue weighted by Gasteiger charge is -2.11. The predicted molar refractivity (Wildman–Crippen MR) is 63.9 cm³/mol. The number of nitrogens with one attached hydrogen (secondary N) is 1. The van der Waals surface area contributed by atoms with Gasteiger partial charge in [0.1, 0.15) is 6.20 Å². The standard InChI is InChI=1S/C10H14N4O5/c1-13-5-7(14(17)18)9(12-13)11-4-6-2-3-8(19-6)10(15)16/h5-6,8H,2-4H2,1H3,(H,11,12)(H,15,16). The molecular weight excluding hydrogens is 256 g/mol. The van der Waals surface area contributed by atoms with Crippen LogP contribution in [0.1, 0.15) is 12.8 Å². The van der Waals surface area contributed by atoms with E-state index < -0.39 is 17.0 Å². The lowest BCUT2D eigenvalue weighted by molar-refractivity contribution is -0.384. The highest BCUT2D eigenvalue weighted by molar-refractivity contribution is 5.72. The van der Waals surface area contributed by atoms with Crippen LogP contribution in [-0.2, 0) is 16.6 Å². The van der Waals surface area contributed by atoms with Gasteiger partial charge in [0, 0.05) is 13.6 Å². The topological polar surface area (TPSA) is 120 Å². The fourth-order valence-electron chi connectivity index (χ4n) is 1.98. The summed E-state index contributed by atoms with van der Waals surface area (Å²) < 4.78 is 6.63. The van der Waals surface area contributed by atoms with Gasteiger partial charge in [-0.1, -0.05) is 0 Å². The van der Waals surface area contributed by atoms with Gasteiger partial charge < -0.3 is 15.2 Å². The quantitative estimate of drug-likeness (QED) is 0.586. The van der Waals surface area contributed by atoms with Crippen molar-refractivity contribution in [2.75, 3.05) is 11.9 Å². The zero-order valence-electron chi connectivity index (χ0n) is 10.3. The van der Waals surface area contributed by atoms with Crippen molar-refractivity contribution < 1.29 is 19.6 Å². The lowest BCUT2D eigenvalue weighted by Crippen LogP contribution is -2.24. The molecule has 2 rings (SSSR count). The number of carbonyl (C=O) groups is 1. The summed E-state index contributed by atoms with van der Waals surface area (Å²) >= 11 is 0. The van der Waals surface area contributed by atoms with Gasteiger partial charge >= 0.3 is 11.7 Å². The maximum Gasteiger partial charge on any atom is 0.332 e. The first-order chi connectivity index (χ1) is 8.97. The Hall–Kier alpha value is -2.16. The highest BCUT2D eigenvalue weighted by atomic mass is 16.6. The third kappa shape index (κ3) is 2.99. The van der Waals surface area contributed by atoms with E-state index in [0.29, 0.717) is 19.4 Å². The number of hydrogen-bond acceptors (Lipinski definition) is 6. The van der Waals surface area contributed by atoms with Crippen molar-refractivity contribution in [1.29, 1.82) is 0 Å². The summed E-state index contributed by atoms with van der Waals surface area (Å²) in [5.41, 5.74) is -0.115. The largest absolute Gasteiger partial charge is 0.479 e. The molecule has 1 aliphatic heterocycles. The average Bonchev–Trinajstić information content (AvgIpc) is 2.92. The van der Waals surface area contributed by atoms with Crippen molar-refractivity contribution in [2.45, 2.75) is 25.0 Å². The van der Waals surface area contributed by atoms with Crippen LogP contribution in [-0.4, -0.2) is 44.5 Å². The molecule has 19 heavy (non-hydrogen) atoms. The molecule has 1 aliphatic rings. The van der Waals surface area contributed by atoms with Crippen LogP contribution >= 0.6 is 0 Å². The first kappa shape index (κ1) is 13.3. The second-order valence-corrected chi connectivity index (χ2v) is 4.34. The molecular formula is C10H14N4O5. The predicted octanol–water partition coefficient (Wildman–Crippen LogP) is 0.372. The molecule has 0 aromatic carbocycles. The van der Waals surface area contributed by atoms with Crippen LogP contribution in [0.3, 0.4) is 0 Å². The lowest BCUT2D eigenvalue weighted by atomic mass is 10.2. The number of rotatable bonds is 5. The molecule has 9 nitrogen and oxygen atoms in total. The van der Waals surface area contributed by atoms with Crippen molar-refractivity contribution in [3.05, 3.63) is 16.3 Å². The van der Waals surface area contributed by atoms with Crippen LogP contribution in [0.2, 0.25) is 0 Å². The van der Waals surface area contributed by atoms with Gasteiger partial charge in [0.25, 0.3) is 0 Å². The average molecular weight is 270 g/mol. The van der Waals surface area contributed by atoms with Crippen LogP contribution in [0.15, 0.2) is 6.20 Å². The first-order valence-corrected chi connectivity index (χ1v) is 5.77. The van der Waals surface area contributed by atoms with Gasteiger partial charge in [0.2, 0.25) is 5.82 Å². The Balaban J connectivity index is 1.93. The number of aryl methyl sites for hydroxylation is 1. The Morgan fingerprint density at radius 2 is 2.47 bits per heavy atom. The number of ether oxygens (including phenoxy) is 1. The van der Waals surface area contributed by atoms with E-state index in [0.717, 1.165) is 0 Å². The Kier molecular flexibility index (Phi) is 3.65. The van der Waals surface area contributed by atoms with Gasteiger partial charge in [0.15, 0.2) is 6.10 Å². The molecule has 1 saturated heterocycles. The molecule has 2 unspecified atom stereocenters. The Bertz CT molecular complexity index is 500. The highest BCUT2D eigenvalue weighted by Gasteiger charge is 2.30. The minimum Gasteiger partial charge on any atom is -0.479 e. The molecule has 0 spiro atoms. The number of aromatic nitrogens is 2. The number of carboxylic acids is 1. The van der Waals surface area contributed by atoms with Crippen LogP contribution in [0, 0.1) is 10.1 Å². The third-order valence-electron chi connectivity index (χ3n) is 2.89. The van der Waals surface area contributed by atoms with E-state index in [9.17, 15) is 14.9 Å². The zero-order valence-corrected chi connectivity index (χ0v) is 10.3. The van der Waals surface area contributed by atoms with Crippen molar-refractivity contribution in [3.8, 4) is 0 Å². The van der Waals surface area contributed by atoms with E-state index in [1.165, 1.54) is 10.9 Å². The number of nitro groups is 1. The minimum atomic E-state index is -0.980. The van der Waals surface area contributed by atoms with Gasteiger partial charge in [0.05, 0.1) is 11.0 Å². The molecule has 104 valence electrons. The zero-order chi connectivity index (χ0) is 14.0. The van der Waals surface area contributed by atoms with Crippen molar-refractivity contribution >= 4 is 17.5 Å². The first-order valence-electron chi connectivity index (χ1n) is 5.77. The molecule has 0 bridgehead atoms. The number of anilines is 1. The van der Waals surface area contributed by atoms with E-state index in [4.69, 9.17) is 9.84 Å². The molecule has 1 aromatic heterocycles. The summed E-state index contributed by atoms with van der Waals surface area (Å²) in [4.78, 5) is 21.0. The Morgan fingerprint density at radius 1 is 1.74 bits per heavy atom. The molecule has 2 atom stereocenters. The van der Waals surface area contributed by atoms with Crippen LogP contribution in [0.4, 0.5) is 11.5 Å². The smallest absolute Gasteiger partial charge is 0.332 e. The number of carboxylic acid groups (broad SMARTS) is 1. The minimum absolute atomic E-state index is 0.115. The second kappa shape index (κ2) is 5.22. The second-order valence-electron chi connectivity index (χ2n) is 4.34. The van der Waals surface area contributed by atoms with Crippen molar-refractivity contribution in [3.63, 3.8) is 0 Å². The van der Waals surface area contributed by atoms with E-state index >= 15 is 0 Å². The summed E-state index contributed by atoms with van der Waals surface area (Å²) in [6, 6.07) is 0. The van der Waals surface area contributed by atoms with Crippen LogP contribution in [0.5, 0.6) is 0 Å².